The van der Waals surface area contributed by atoms with E-state index in [9.17, 15) is 4.79 Å². The van der Waals surface area contributed by atoms with Gasteiger partial charge in [-0.1, -0.05) is 6.07 Å². The quantitative estimate of drug-likeness (QED) is 0.866. The lowest BCUT2D eigenvalue weighted by atomic mass is 9.87. The van der Waals surface area contributed by atoms with Crippen LogP contribution in [0.25, 0.3) is 0 Å². The molecule has 0 spiro atoms. The molecule has 5 nitrogen and oxygen atoms in total. The van der Waals surface area contributed by atoms with Crippen LogP contribution in [0.5, 0.6) is 11.5 Å². The molecule has 1 saturated carbocycles. The molecule has 0 aromatic heterocycles. The van der Waals surface area contributed by atoms with E-state index in [1.165, 1.54) is 0 Å². The molecular weight excluding hydrogens is 260 g/mol. The molecule has 1 unspecified atom stereocenters. The number of carbonyl (C=O) groups is 1. The van der Waals surface area contributed by atoms with E-state index in [0.717, 1.165) is 24.0 Å². The Kier molecular flexibility index (Phi) is 3.53. The summed E-state index contributed by atoms with van der Waals surface area (Å²) in [6.07, 6.45) is 2.35. The maximum atomic E-state index is 11.1. The van der Waals surface area contributed by atoms with Crippen molar-refractivity contribution in [3.8, 4) is 11.5 Å². The van der Waals surface area contributed by atoms with E-state index in [1.807, 2.05) is 12.1 Å². The van der Waals surface area contributed by atoms with Crippen molar-refractivity contribution in [1.82, 2.24) is 0 Å². The van der Waals surface area contributed by atoms with Crippen molar-refractivity contribution in [1.29, 1.82) is 0 Å². The fraction of sp³-hybridized carbons (Fsp3) is 0.533. The van der Waals surface area contributed by atoms with Crippen LogP contribution in [0.4, 0.5) is 0 Å². The van der Waals surface area contributed by atoms with Gasteiger partial charge in [0, 0.05) is 12.7 Å². The molecule has 108 valence electrons. The Hall–Kier alpha value is -1.75. The highest BCUT2D eigenvalue weighted by Crippen LogP contribution is 2.49. The van der Waals surface area contributed by atoms with Gasteiger partial charge in [-0.15, -0.1) is 0 Å². The Balaban J connectivity index is 2.00. The van der Waals surface area contributed by atoms with Crippen molar-refractivity contribution < 1.29 is 24.1 Å². The van der Waals surface area contributed by atoms with Gasteiger partial charge in [0.05, 0.1) is 13.0 Å². The number of fused-ring (bicyclic) bond motifs is 1. The zero-order chi connectivity index (χ0) is 14.1. The average molecular weight is 278 g/mol. The van der Waals surface area contributed by atoms with Crippen LogP contribution < -0.4 is 9.47 Å². The minimum absolute atomic E-state index is 0.0344. The number of rotatable bonds is 6. The summed E-state index contributed by atoms with van der Waals surface area (Å²) in [4.78, 5) is 11.1. The van der Waals surface area contributed by atoms with Crippen LogP contribution in [0, 0.1) is 5.92 Å². The molecule has 1 aliphatic carbocycles. The molecule has 1 aromatic rings. The molecule has 1 atom stereocenters. The lowest BCUT2D eigenvalue weighted by Crippen LogP contribution is -2.11. The highest BCUT2D eigenvalue weighted by Gasteiger charge is 2.36. The van der Waals surface area contributed by atoms with Crippen LogP contribution in [-0.2, 0) is 16.1 Å². The maximum Gasteiger partial charge on any atom is 0.303 e. The Bertz CT molecular complexity index is 521. The molecule has 1 aliphatic heterocycles. The topological polar surface area (TPSA) is 65.0 Å². The number of hydrogen-bond donors (Lipinski definition) is 1. The number of benzene rings is 1. The molecular formula is C15H18O5. The van der Waals surface area contributed by atoms with Gasteiger partial charge in [0.2, 0.25) is 6.79 Å². The molecule has 0 saturated heterocycles. The molecule has 3 rings (SSSR count). The standard InChI is InChI=1S/C15H18O5/c1-18-7-12-10(4-5-13-15(12)20-8-19-13)11(6-14(16)17)9-2-3-9/h4-5,9,11H,2-3,6-8H2,1H3,(H,16,17). The minimum atomic E-state index is -0.761. The van der Waals surface area contributed by atoms with Crippen LogP contribution >= 0.6 is 0 Å². The van der Waals surface area contributed by atoms with Crippen LogP contribution in [0.3, 0.4) is 0 Å². The lowest BCUT2D eigenvalue weighted by Gasteiger charge is -2.19. The fourth-order valence-electron chi connectivity index (χ4n) is 2.90. The lowest BCUT2D eigenvalue weighted by molar-refractivity contribution is -0.137. The predicted octanol–water partition coefficient (Wildman–Crippen LogP) is 2.53. The second-order valence-corrected chi connectivity index (χ2v) is 5.34. The monoisotopic (exact) mass is 278 g/mol. The number of aliphatic carboxylic acids is 1. The second kappa shape index (κ2) is 5.32. The van der Waals surface area contributed by atoms with E-state index in [0.29, 0.717) is 24.0 Å². The van der Waals surface area contributed by atoms with Crippen LogP contribution in [-0.4, -0.2) is 25.0 Å². The third-order valence-electron chi connectivity index (χ3n) is 3.95. The van der Waals surface area contributed by atoms with Gasteiger partial charge in [-0.25, -0.2) is 0 Å². The summed E-state index contributed by atoms with van der Waals surface area (Å²) in [6.45, 7) is 0.618. The number of methoxy groups -OCH3 is 1. The number of ether oxygens (including phenoxy) is 3. The van der Waals surface area contributed by atoms with Gasteiger partial charge in [-0.2, -0.15) is 0 Å². The molecule has 1 fully saturated rings. The van der Waals surface area contributed by atoms with Gasteiger partial charge in [0.1, 0.15) is 0 Å². The molecule has 0 bridgehead atoms. The minimum Gasteiger partial charge on any atom is -0.481 e. The average Bonchev–Trinajstić information content (AvgIpc) is 3.14. The molecule has 5 heteroatoms. The van der Waals surface area contributed by atoms with Crippen LogP contribution in [0.15, 0.2) is 12.1 Å². The van der Waals surface area contributed by atoms with E-state index in [4.69, 9.17) is 19.3 Å². The van der Waals surface area contributed by atoms with Crippen molar-refractivity contribution in [2.75, 3.05) is 13.9 Å². The smallest absolute Gasteiger partial charge is 0.303 e. The zero-order valence-electron chi connectivity index (χ0n) is 11.4. The first-order chi connectivity index (χ1) is 9.70. The van der Waals surface area contributed by atoms with Gasteiger partial charge in [0.15, 0.2) is 11.5 Å². The highest BCUT2D eigenvalue weighted by atomic mass is 16.7. The van der Waals surface area contributed by atoms with E-state index < -0.39 is 5.97 Å². The van der Waals surface area contributed by atoms with Gasteiger partial charge >= 0.3 is 5.97 Å². The van der Waals surface area contributed by atoms with Crippen molar-refractivity contribution in [2.24, 2.45) is 5.92 Å². The molecule has 1 aromatic carbocycles. The normalized spacial score (nSPS) is 18.1. The van der Waals surface area contributed by atoms with E-state index in [-0.39, 0.29) is 19.1 Å². The summed E-state index contributed by atoms with van der Waals surface area (Å²) in [5.41, 5.74) is 1.96. The zero-order valence-corrected chi connectivity index (χ0v) is 11.4. The van der Waals surface area contributed by atoms with Crippen LogP contribution in [0.1, 0.15) is 36.3 Å². The SMILES string of the molecule is COCc1c(C(CC(=O)O)C2CC2)ccc2c1OCO2. The first-order valence-electron chi connectivity index (χ1n) is 6.82. The third kappa shape index (κ3) is 2.45. The number of carboxylic acid groups (broad SMARTS) is 1. The summed E-state index contributed by atoms with van der Waals surface area (Å²) in [6, 6.07) is 3.84. The Morgan fingerprint density at radius 3 is 2.90 bits per heavy atom. The largest absolute Gasteiger partial charge is 0.481 e. The van der Waals surface area contributed by atoms with Gasteiger partial charge in [-0.3, -0.25) is 4.79 Å². The molecule has 2 aliphatic rings. The summed E-state index contributed by atoms with van der Waals surface area (Å²) in [5.74, 6) is 1.16. The van der Waals surface area contributed by atoms with Gasteiger partial charge in [-0.05, 0) is 36.3 Å². The molecule has 1 N–H and O–H groups in total. The predicted molar refractivity (Wildman–Crippen MR) is 71.0 cm³/mol. The van der Waals surface area contributed by atoms with E-state index >= 15 is 0 Å². The first-order valence-corrected chi connectivity index (χ1v) is 6.82. The van der Waals surface area contributed by atoms with Crippen molar-refractivity contribution in [2.45, 2.75) is 31.8 Å². The van der Waals surface area contributed by atoms with Crippen molar-refractivity contribution >= 4 is 5.97 Å². The second-order valence-electron chi connectivity index (χ2n) is 5.34. The molecule has 20 heavy (non-hydrogen) atoms. The summed E-state index contributed by atoms with van der Waals surface area (Å²) >= 11 is 0. The summed E-state index contributed by atoms with van der Waals surface area (Å²) in [5, 5.41) is 9.15. The Morgan fingerprint density at radius 2 is 2.25 bits per heavy atom. The molecule has 0 radical (unpaired) electrons. The van der Waals surface area contributed by atoms with E-state index in [1.54, 1.807) is 7.11 Å². The van der Waals surface area contributed by atoms with Gasteiger partial charge < -0.3 is 19.3 Å². The number of carboxylic acids is 1. The Morgan fingerprint density at radius 1 is 1.45 bits per heavy atom. The summed E-state index contributed by atoms with van der Waals surface area (Å²) < 4.78 is 16.2. The van der Waals surface area contributed by atoms with Crippen LogP contribution in [0.2, 0.25) is 0 Å². The fourth-order valence-corrected chi connectivity index (χ4v) is 2.90. The van der Waals surface area contributed by atoms with E-state index in [2.05, 4.69) is 0 Å². The Labute approximate surface area is 117 Å². The third-order valence-corrected chi connectivity index (χ3v) is 3.95. The molecule has 0 amide bonds. The first kappa shape index (κ1) is 13.2. The van der Waals surface area contributed by atoms with Gasteiger partial charge in [0.25, 0.3) is 0 Å². The van der Waals surface area contributed by atoms with Crippen molar-refractivity contribution in [3.63, 3.8) is 0 Å². The maximum absolute atomic E-state index is 11.1. The summed E-state index contributed by atoms with van der Waals surface area (Å²) in [7, 11) is 1.63. The highest BCUT2D eigenvalue weighted by molar-refractivity contribution is 5.69. The van der Waals surface area contributed by atoms with Crippen molar-refractivity contribution in [3.05, 3.63) is 23.3 Å². The number of hydrogen-bond acceptors (Lipinski definition) is 4. The molecule has 1 heterocycles.